The first-order chi connectivity index (χ1) is 17.7. The molecule has 0 aromatic heterocycles. The van der Waals surface area contributed by atoms with Crippen molar-refractivity contribution in [3.63, 3.8) is 0 Å². The predicted octanol–water partition coefficient (Wildman–Crippen LogP) is 2.40. The molecule has 0 spiro atoms. The molecule has 3 atom stereocenters. The van der Waals surface area contributed by atoms with E-state index in [-0.39, 0.29) is 44.5 Å². The molecule has 0 bridgehead atoms. The van der Waals surface area contributed by atoms with E-state index in [2.05, 4.69) is 27.9 Å². The Balaban J connectivity index is 1.95. The van der Waals surface area contributed by atoms with Crippen molar-refractivity contribution in [2.24, 2.45) is 0 Å². The van der Waals surface area contributed by atoms with Gasteiger partial charge in [0.1, 0.15) is 23.8 Å². The maximum Gasteiger partial charge on any atom is 0.290 e. The van der Waals surface area contributed by atoms with Crippen molar-refractivity contribution in [3.05, 3.63) is 75.1 Å². The Kier molecular flexibility index (Phi) is 10.6. The average molecular weight is 624 g/mol. The number of para-hydroxylation sites is 1. The molecule has 10 heteroatoms. The van der Waals surface area contributed by atoms with E-state index >= 15 is 0 Å². The van der Waals surface area contributed by atoms with Gasteiger partial charge < -0.3 is 25.2 Å². The van der Waals surface area contributed by atoms with Crippen molar-refractivity contribution in [3.8, 4) is 5.75 Å². The first-order valence-corrected chi connectivity index (χ1v) is 13.1. The molecule has 3 rings (SSSR count). The zero-order valence-corrected chi connectivity index (χ0v) is 22.6. The van der Waals surface area contributed by atoms with Gasteiger partial charge in [-0.15, -0.1) is 0 Å². The summed E-state index contributed by atoms with van der Waals surface area (Å²) in [6.07, 6.45) is -0.567. The van der Waals surface area contributed by atoms with Gasteiger partial charge in [0.2, 0.25) is 11.7 Å². The van der Waals surface area contributed by atoms with E-state index in [9.17, 15) is 23.9 Å². The smallest absolute Gasteiger partial charge is 0.290 e. The molecule has 1 aliphatic rings. The fraction of sp³-hybridized carbons (Fsp3) is 0.370. The number of hydrogen-bond donors (Lipinski definition) is 3. The van der Waals surface area contributed by atoms with Gasteiger partial charge in [-0.1, -0.05) is 31.2 Å². The Bertz CT molecular complexity index is 1160. The lowest BCUT2D eigenvalue weighted by Gasteiger charge is -2.40. The molecular formula is C27H30FIN2O6. The summed E-state index contributed by atoms with van der Waals surface area (Å²) >= 11 is 2.09. The summed E-state index contributed by atoms with van der Waals surface area (Å²) in [6, 6.07) is 12.1. The third-order valence-corrected chi connectivity index (χ3v) is 6.96. The van der Waals surface area contributed by atoms with Crippen LogP contribution in [0.5, 0.6) is 5.75 Å². The van der Waals surface area contributed by atoms with E-state index in [0.29, 0.717) is 11.3 Å². The number of carbonyl (C=O) groups excluding carboxylic acids is 3. The van der Waals surface area contributed by atoms with E-state index in [1.165, 1.54) is 23.1 Å². The van der Waals surface area contributed by atoms with Crippen molar-refractivity contribution in [2.45, 2.75) is 44.4 Å². The van der Waals surface area contributed by atoms with Gasteiger partial charge in [0, 0.05) is 31.5 Å². The normalized spacial score (nSPS) is 19.1. The maximum absolute atomic E-state index is 13.7. The second kappa shape index (κ2) is 13.6. The minimum absolute atomic E-state index is 0.0247. The van der Waals surface area contributed by atoms with E-state index in [1.54, 1.807) is 31.2 Å². The lowest BCUT2D eigenvalue weighted by atomic mass is 9.87. The van der Waals surface area contributed by atoms with E-state index in [4.69, 9.17) is 9.84 Å². The summed E-state index contributed by atoms with van der Waals surface area (Å²) in [5, 5.41) is 23.1. The quantitative estimate of drug-likeness (QED) is 0.262. The second-order valence-corrected chi connectivity index (χ2v) is 9.76. The molecule has 0 saturated carbocycles. The highest BCUT2D eigenvalue weighted by Crippen LogP contribution is 2.30. The summed E-state index contributed by atoms with van der Waals surface area (Å²) in [5.74, 6) is -1.83. The molecule has 0 aliphatic heterocycles. The number of carbonyl (C=O) groups is 3. The van der Waals surface area contributed by atoms with Crippen molar-refractivity contribution < 1.29 is 33.7 Å². The van der Waals surface area contributed by atoms with Crippen LogP contribution in [0.25, 0.3) is 0 Å². The van der Waals surface area contributed by atoms with Gasteiger partial charge >= 0.3 is 0 Å². The number of aliphatic hydroxyl groups is 2. The summed E-state index contributed by atoms with van der Waals surface area (Å²) < 4.78 is 20.6. The van der Waals surface area contributed by atoms with E-state index in [1.807, 2.05) is 12.1 Å². The van der Waals surface area contributed by atoms with Gasteiger partial charge in [-0.25, -0.2) is 4.39 Å². The first-order valence-electron chi connectivity index (χ1n) is 12.0. The summed E-state index contributed by atoms with van der Waals surface area (Å²) in [7, 11) is 0. The van der Waals surface area contributed by atoms with Crippen LogP contribution in [0.15, 0.2) is 60.2 Å². The molecule has 198 valence electrons. The van der Waals surface area contributed by atoms with Gasteiger partial charge in [0.15, 0.2) is 0 Å². The molecule has 0 fully saturated rings. The number of nitrogens with one attached hydrogen (secondary N) is 1. The van der Waals surface area contributed by atoms with Crippen molar-refractivity contribution >= 4 is 40.2 Å². The van der Waals surface area contributed by atoms with E-state index in [0.717, 1.165) is 3.57 Å². The SMILES string of the molecule is CCC(=O)C(=O)N(CCc1cccc(F)c1)[C@@H]1CC(C(=O)NCCO)=C[C@H](Oc2ccccc2I)[C@H]1O. The second-order valence-electron chi connectivity index (χ2n) is 8.60. The molecule has 1 aliphatic carbocycles. The van der Waals surface area contributed by atoms with Crippen molar-refractivity contribution in [2.75, 3.05) is 19.7 Å². The Morgan fingerprint density at radius 1 is 1.19 bits per heavy atom. The molecule has 0 radical (unpaired) electrons. The van der Waals surface area contributed by atoms with Gasteiger partial charge in [-0.3, -0.25) is 14.4 Å². The number of Topliss-reactive ketones (excluding diaryl/α,β-unsaturated/α-hetero) is 1. The Hall–Kier alpha value is -2.83. The number of ketones is 1. The van der Waals surface area contributed by atoms with Crippen molar-refractivity contribution in [1.82, 2.24) is 10.2 Å². The Labute approximate surface area is 228 Å². The number of amides is 2. The van der Waals surface area contributed by atoms with Crippen LogP contribution in [0, 0.1) is 9.39 Å². The number of nitrogens with zero attached hydrogens (tertiary/aromatic N) is 1. The summed E-state index contributed by atoms with van der Waals surface area (Å²) in [4.78, 5) is 39.7. The van der Waals surface area contributed by atoms with Crippen LogP contribution < -0.4 is 10.1 Å². The number of aliphatic hydroxyl groups excluding tert-OH is 2. The lowest BCUT2D eigenvalue weighted by Crippen LogP contribution is -2.56. The summed E-state index contributed by atoms with van der Waals surface area (Å²) in [6.45, 7) is 1.37. The molecule has 0 unspecified atom stereocenters. The van der Waals surface area contributed by atoms with Gasteiger partial charge in [-0.2, -0.15) is 0 Å². The molecule has 3 N–H and O–H groups in total. The first kappa shape index (κ1) is 28.7. The zero-order valence-electron chi connectivity index (χ0n) is 20.4. The fourth-order valence-electron chi connectivity index (χ4n) is 4.14. The van der Waals surface area contributed by atoms with Gasteiger partial charge in [0.25, 0.3) is 5.91 Å². The van der Waals surface area contributed by atoms with Crippen LogP contribution in [0.1, 0.15) is 25.3 Å². The molecule has 0 heterocycles. The Morgan fingerprint density at radius 3 is 2.62 bits per heavy atom. The average Bonchev–Trinajstić information content (AvgIpc) is 2.89. The third-order valence-electron chi connectivity index (χ3n) is 6.07. The van der Waals surface area contributed by atoms with Crippen LogP contribution in [-0.4, -0.2) is 70.7 Å². The minimum atomic E-state index is -1.26. The molecule has 2 aromatic rings. The molecular weight excluding hydrogens is 594 g/mol. The number of rotatable bonds is 11. The minimum Gasteiger partial charge on any atom is -0.482 e. The topological polar surface area (TPSA) is 116 Å². The standard InChI is InChI=1S/C27H30FIN2O6/c1-2-22(33)27(36)31(12-10-17-6-5-7-19(28)14-17)21-15-18(26(35)30-11-13-32)16-24(25(21)34)37-23-9-4-3-8-20(23)29/h3-9,14,16,21,24-25,32,34H,2,10-13,15H2,1H3,(H,30,35)/t21-,24+,25+/m1/s1. The van der Waals surface area contributed by atoms with Crippen LogP contribution in [0.3, 0.4) is 0 Å². The molecule has 0 saturated heterocycles. The molecule has 37 heavy (non-hydrogen) atoms. The highest BCUT2D eigenvalue weighted by molar-refractivity contribution is 14.1. The molecule has 2 aromatic carbocycles. The molecule has 8 nitrogen and oxygen atoms in total. The summed E-state index contributed by atoms with van der Waals surface area (Å²) in [5.41, 5.74) is 0.877. The highest BCUT2D eigenvalue weighted by Gasteiger charge is 2.41. The van der Waals surface area contributed by atoms with Gasteiger partial charge in [-0.05, 0) is 64.9 Å². The largest absolute Gasteiger partial charge is 0.482 e. The predicted molar refractivity (Wildman–Crippen MR) is 143 cm³/mol. The lowest BCUT2D eigenvalue weighted by molar-refractivity contribution is -0.149. The molecule has 2 amide bonds. The number of benzene rings is 2. The number of ether oxygens (including phenoxy) is 1. The van der Waals surface area contributed by atoms with Gasteiger partial charge in [0.05, 0.1) is 16.2 Å². The Morgan fingerprint density at radius 2 is 1.95 bits per heavy atom. The third kappa shape index (κ3) is 7.59. The van der Waals surface area contributed by atoms with E-state index < -0.39 is 41.7 Å². The van der Waals surface area contributed by atoms with Crippen LogP contribution in [0.2, 0.25) is 0 Å². The fourth-order valence-corrected chi connectivity index (χ4v) is 4.65. The zero-order chi connectivity index (χ0) is 26.9. The van der Waals surface area contributed by atoms with Crippen LogP contribution in [0.4, 0.5) is 4.39 Å². The number of hydrogen-bond acceptors (Lipinski definition) is 6. The maximum atomic E-state index is 13.7. The van der Waals surface area contributed by atoms with Crippen LogP contribution >= 0.6 is 22.6 Å². The highest BCUT2D eigenvalue weighted by atomic mass is 127. The monoisotopic (exact) mass is 624 g/mol. The van der Waals surface area contributed by atoms with Crippen LogP contribution in [-0.2, 0) is 20.8 Å². The number of halogens is 2. The van der Waals surface area contributed by atoms with Crippen molar-refractivity contribution in [1.29, 1.82) is 0 Å².